The van der Waals surface area contributed by atoms with Crippen molar-refractivity contribution in [2.45, 2.75) is 46.1 Å². The highest BCUT2D eigenvalue weighted by Gasteiger charge is 2.21. The van der Waals surface area contributed by atoms with Gasteiger partial charge in [-0.05, 0) is 37.7 Å². The van der Waals surface area contributed by atoms with Crippen LogP contribution in [0.2, 0.25) is 0 Å². The molecular weight excluding hydrogens is 364 g/mol. The summed E-state index contributed by atoms with van der Waals surface area (Å²) < 4.78 is 2.04. The molecule has 1 aliphatic rings. The average Bonchev–Trinajstić information content (AvgIpc) is 3.08. The number of pyridine rings is 1. The monoisotopic (exact) mass is 394 g/mol. The molecule has 7 heteroatoms. The van der Waals surface area contributed by atoms with Crippen LogP contribution >= 0.6 is 0 Å². The Morgan fingerprint density at radius 3 is 2.76 bits per heavy atom. The van der Waals surface area contributed by atoms with E-state index in [1.165, 1.54) is 0 Å². The molecule has 1 amide bonds. The molecule has 0 radical (unpaired) electrons. The quantitative estimate of drug-likeness (QED) is 0.666. The maximum Gasteiger partial charge on any atom is 0.219 e. The van der Waals surface area contributed by atoms with Crippen molar-refractivity contribution in [2.24, 2.45) is 5.92 Å². The van der Waals surface area contributed by atoms with Crippen LogP contribution in [0.1, 0.15) is 39.5 Å². The third-order valence-electron chi connectivity index (χ3n) is 5.95. The number of aryl methyl sites for hydroxylation is 1. The predicted octanol–water partition coefficient (Wildman–Crippen LogP) is 3.64. The molecule has 29 heavy (non-hydrogen) atoms. The number of nitrogens with zero attached hydrogens (tertiary/aromatic N) is 4. The molecule has 1 aliphatic heterocycles. The van der Waals surface area contributed by atoms with Crippen LogP contribution < -0.4 is 11.1 Å². The minimum absolute atomic E-state index is 0.189. The summed E-state index contributed by atoms with van der Waals surface area (Å²) in [4.78, 5) is 18.0. The lowest BCUT2D eigenvalue weighted by Gasteiger charge is -2.31. The van der Waals surface area contributed by atoms with Gasteiger partial charge in [0.25, 0.3) is 0 Å². The summed E-state index contributed by atoms with van der Waals surface area (Å²) in [5.74, 6) is 2.35. The Morgan fingerprint density at radius 2 is 2.03 bits per heavy atom. The van der Waals surface area contributed by atoms with Gasteiger partial charge in [0.05, 0.1) is 10.9 Å². The molecule has 2 aromatic heterocycles. The molecule has 1 saturated heterocycles. The Labute approximate surface area is 171 Å². The topological polar surface area (TPSA) is 89.1 Å². The summed E-state index contributed by atoms with van der Waals surface area (Å²) in [7, 11) is 0. The standard InChI is InChI=1S/C22H30N6O/c1-3-12-28-22(24-11-8-16-9-13-27(14-10-16)15(2)29)19-17-6-4-5-7-18(17)25-21(23)20(19)26-28/h4-7,16,24H,3,8-14H2,1-2H3,(H2,23,25). The van der Waals surface area contributed by atoms with Crippen LogP contribution in [-0.2, 0) is 11.3 Å². The minimum Gasteiger partial charge on any atom is -0.382 e. The first kappa shape index (κ1) is 19.5. The van der Waals surface area contributed by atoms with Gasteiger partial charge in [-0.25, -0.2) is 9.67 Å². The third-order valence-corrected chi connectivity index (χ3v) is 5.95. The van der Waals surface area contributed by atoms with Crippen molar-refractivity contribution in [1.82, 2.24) is 19.7 Å². The van der Waals surface area contributed by atoms with Crippen LogP contribution in [0.3, 0.4) is 0 Å². The number of fused-ring (bicyclic) bond motifs is 3. The van der Waals surface area contributed by atoms with Gasteiger partial charge in [0.1, 0.15) is 11.3 Å². The summed E-state index contributed by atoms with van der Waals surface area (Å²) in [6.07, 6.45) is 4.24. The average molecular weight is 395 g/mol. The molecule has 3 aromatic rings. The van der Waals surface area contributed by atoms with Gasteiger partial charge in [-0.15, -0.1) is 0 Å². The van der Waals surface area contributed by atoms with Crippen LogP contribution in [0.4, 0.5) is 11.6 Å². The van der Waals surface area contributed by atoms with Crippen LogP contribution in [-0.4, -0.2) is 45.2 Å². The number of benzene rings is 1. The maximum atomic E-state index is 11.5. The normalized spacial score (nSPS) is 15.3. The van der Waals surface area contributed by atoms with Crippen LogP contribution in [0.25, 0.3) is 21.8 Å². The first-order valence-corrected chi connectivity index (χ1v) is 10.6. The second-order valence-corrected chi connectivity index (χ2v) is 7.97. The summed E-state index contributed by atoms with van der Waals surface area (Å²) in [6.45, 7) is 7.28. The Kier molecular flexibility index (Phi) is 5.56. The Balaban J connectivity index is 1.56. The second-order valence-electron chi connectivity index (χ2n) is 7.97. The first-order valence-electron chi connectivity index (χ1n) is 10.6. The summed E-state index contributed by atoms with van der Waals surface area (Å²) in [5.41, 5.74) is 7.91. The summed E-state index contributed by atoms with van der Waals surface area (Å²) in [6, 6.07) is 8.10. The number of para-hydroxylation sites is 1. The molecule has 0 saturated carbocycles. The lowest BCUT2D eigenvalue weighted by Crippen LogP contribution is -2.37. The smallest absolute Gasteiger partial charge is 0.219 e. The van der Waals surface area contributed by atoms with Crippen molar-refractivity contribution in [3.63, 3.8) is 0 Å². The summed E-state index contributed by atoms with van der Waals surface area (Å²) in [5, 5.41) is 10.6. The van der Waals surface area contributed by atoms with Crippen molar-refractivity contribution in [1.29, 1.82) is 0 Å². The number of hydrogen-bond donors (Lipinski definition) is 2. The van der Waals surface area contributed by atoms with Crippen LogP contribution in [0, 0.1) is 5.92 Å². The van der Waals surface area contributed by atoms with E-state index in [1.807, 2.05) is 27.8 Å². The van der Waals surface area contributed by atoms with Crippen LogP contribution in [0.15, 0.2) is 24.3 Å². The highest BCUT2D eigenvalue weighted by atomic mass is 16.2. The lowest BCUT2D eigenvalue weighted by molar-refractivity contribution is -0.130. The van der Waals surface area contributed by atoms with E-state index in [1.54, 1.807) is 6.92 Å². The van der Waals surface area contributed by atoms with Crippen molar-refractivity contribution < 1.29 is 4.79 Å². The van der Waals surface area contributed by atoms with Crippen molar-refractivity contribution >= 4 is 39.3 Å². The van der Waals surface area contributed by atoms with Gasteiger partial charge in [0, 0.05) is 38.5 Å². The van der Waals surface area contributed by atoms with Gasteiger partial charge >= 0.3 is 0 Å². The molecule has 154 valence electrons. The predicted molar refractivity (Wildman–Crippen MR) is 118 cm³/mol. The van der Waals surface area contributed by atoms with Crippen LogP contribution in [0.5, 0.6) is 0 Å². The molecule has 3 heterocycles. The van der Waals surface area contributed by atoms with E-state index in [0.717, 1.165) is 79.5 Å². The molecule has 0 bridgehead atoms. The number of nitrogens with two attached hydrogens (primary N) is 1. The van der Waals surface area contributed by atoms with E-state index >= 15 is 0 Å². The minimum atomic E-state index is 0.189. The van der Waals surface area contributed by atoms with Gasteiger partial charge in [-0.3, -0.25) is 4.79 Å². The molecule has 0 atom stereocenters. The van der Waals surface area contributed by atoms with E-state index in [2.05, 4.69) is 23.3 Å². The molecular formula is C22H30N6O. The number of amides is 1. The maximum absolute atomic E-state index is 11.5. The van der Waals surface area contributed by atoms with E-state index in [-0.39, 0.29) is 5.91 Å². The number of carbonyl (C=O) groups excluding carboxylic acids is 1. The molecule has 7 nitrogen and oxygen atoms in total. The number of rotatable bonds is 6. The first-order chi connectivity index (χ1) is 14.1. The fourth-order valence-corrected chi connectivity index (χ4v) is 4.35. The summed E-state index contributed by atoms with van der Waals surface area (Å²) >= 11 is 0. The number of anilines is 2. The molecule has 0 aliphatic carbocycles. The number of hydrogen-bond acceptors (Lipinski definition) is 5. The van der Waals surface area contributed by atoms with E-state index < -0.39 is 0 Å². The zero-order valence-corrected chi connectivity index (χ0v) is 17.3. The SMILES string of the molecule is CCCn1nc2c(N)nc3ccccc3c2c1NCCC1CCN(C(C)=O)CC1. The number of aromatic nitrogens is 3. The largest absolute Gasteiger partial charge is 0.382 e. The molecule has 1 aromatic carbocycles. The number of nitrogen functional groups attached to an aromatic ring is 1. The van der Waals surface area contributed by atoms with Crippen molar-refractivity contribution in [3.05, 3.63) is 24.3 Å². The Morgan fingerprint density at radius 1 is 1.28 bits per heavy atom. The fraction of sp³-hybridized carbons (Fsp3) is 0.500. The molecule has 3 N–H and O–H groups in total. The number of likely N-dealkylation sites (tertiary alicyclic amines) is 1. The zero-order chi connectivity index (χ0) is 20.4. The number of carbonyl (C=O) groups is 1. The van der Waals surface area contributed by atoms with Crippen molar-refractivity contribution in [2.75, 3.05) is 30.7 Å². The van der Waals surface area contributed by atoms with E-state index in [4.69, 9.17) is 10.8 Å². The highest BCUT2D eigenvalue weighted by molar-refractivity contribution is 6.13. The third kappa shape index (κ3) is 3.86. The second kappa shape index (κ2) is 8.27. The molecule has 0 unspecified atom stereocenters. The highest BCUT2D eigenvalue weighted by Crippen LogP contribution is 2.33. The Bertz CT molecular complexity index is 1020. The van der Waals surface area contributed by atoms with Gasteiger partial charge in [0.2, 0.25) is 5.91 Å². The zero-order valence-electron chi connectivity index (χ0n) is 17.3. The van der Waals surface area contributed by atoms with Gasteiger partial charge in [0.15, 0.2) is 5.82 Å². The number of nitrogens with one attached hydrogen (secondary N) is 1. The van der Waals surface area contributed by atoms with Crippen molar-refractivity contribution in [3.8, 4) is 0 Å². The van der Waals surface area contributed by atoms with Gasteiger partial charge < -0.3 is 16.0 Å². The van der Waals surface area contributed by atoms with E-state index in [0.29, 0.717) is 11.7 Å². The van der Waals surface area contributed by atoms with Gasteiger partial charge in [-0.1, -0.05) is 25.1 Å². The number of piperidine rings is 1. The molecule has 4 rings (SSSR count). The van der Waals surface area contributed by atoms with Gasteiger partial charge in [-0.2, -0.15) is 5.10 Å². The Hall–Kier alpha value is -2.83. The lowest BCUT2D eigenvalue weighted by atomic mass is 9.93. The van der Waals surface area contributed by atoms with E-state index in [9.17, 15) is 4.79 Å². The fourth-order valence-electron chi connectivity index (χ4n) is 4.35. The molecule has 1 fully saturated rings. The molecule has 0 spiro atoms.